The maximum Gasteiger partial charge on any atom is 0.276 e. The zero-order valence-electron chi connectivity index (χ0n) is 14.8. The zero-order valence-corrected chi connectivity index (χ0v) is 18.7. The van der Waals surface area contributed by atoms with Crippen molar-refractivity contribution in [1.29, 1.82) is 0 Å². The van der Waals surface area contributed by atoms with E-state index in [-0.39, 0.29) is 18.3 Å². The van der Waals surface area contributed by atoms with Gasteiger partial charge in [-0.05, 0) is 58.4 Å². The summed E-state index contributed by atoms with van der Waals surface area (Å²) in [5.74, 6) is 0.300. The maximum atomic E-state index is 12.6. The standard InChI is InChI=1S/C20H13Br2ClN4O2/c21-14-4-5-16(19-13(14)2-1-8-24-19)25-20(28)17-7-9-27(26-17)11-29-18-6-3-12(23)10-15(18)22/h1-10H,11H2,(H,25,28). The second kappa shape index (κ2) is 8.52. The van der Waals surface area contributed by atoms with Crippen molar-refractivity contribution >= 4 is 66.0 Å². The van der Waals surface area contributed by atoms with Crippen LogP contribution >= 0.6 is 43.5 Å². The lowest BCUT2D eigenvalue weighted by Gasteiger charge is -2.09. The number of fused-ring (bicyclic) bond motifs is 1. The molecule has 2 aromatic heterocycles. The molecule has 0 aliphatic rings. The van der Waals surface area contributed by atoms with E-state index in [1.807, 2.05) is 18.2 Å². The van der Waals surface area contributed by atoms with Crippen LogP contribution in [0.3, 0.4) is 0 Å². The van der Waals surface area contributed by atoms with Crippen molar-refractivity contribution in [3.05, 3.63) is 80.6 Å². The molecule has 0 bridgehead atoms. The van der Waals surface area contributed by atoms with E-state index >= 15 is 0 Å². The van der Waals surface area contributed by atoms with Crippen molar-refractivity contribution in [3.8, 4) is 5.75 Å². The molecule has 9 heteroatoms. The summed E-state index contributed by atoms with van der Waals surface area (Å²) >= 11 is 12.8. The number of halogens is 3. The zero-order chi connectivity index (χ0) is 20.4. The van der Waals surface area contributed by atoms with Gasteiger partial charge in [-0.2, -0.15) is 5.10 Å². The summed E-state index contributed by atoms with van der Waals surface area (Å²) in [6.45, 7) is 0.149. The molecule has 1 N–H and O–H groups in total. The summed E-state index contributed by atoms with van der Waals surface area (Å²) in [4.78, 5) is 17.0. The summed E-state index contributed by atoms with van der Waals surface area (Å²) < 4.78 is 8.89. The Morgan fingerprint density at radius 2 is 2.00 bits per heavy atom. The minimum atomic E-state index is -0.328. The number of nitrogens with zero attached hydrogens (tertiary/aromatic N) is 3. The van der Waals surface area contributed by atoms with Gasteiger partial charge >= 0.3 is 0 Å². The maximum absolute atomic E-state index is 12.6. The predicted octanol–water partition coefficient (Wildman–Crippen LogP) is 5.90. The van der Waals surface area contributed by atoms with Crippen LogP contribution in [-0.4, -0.2) is 20.7 Å². The largest absolute Gasteiger partial charge is 0.470 e. The van der Waals surface area contributed by atoms with Gasteiger partial charge in [0.15, 0.2) is 12.4 Å². The summed E-state index contributed by atoms with van der Waals surface area (Å²) in [5, 5.41) is 8.67. The molecule has 2 heterocycles. The van der Waals surface area contributed by atoms with E-state index < -0.39 is 0 Å². The Balaban J connectivity index is 1.47. The van der Waals surface area contributed by atoms with Gasteiger partial charge in [-0.1, -0.05) is 33.6 Å². The molecule has 2 aromatic carbocycles. The average Bonchev–Trinajstić information content (AvgIpc) is 3.19. The number of amides is 1. The third-order valence-electron chi connectivity index (χ3n) is 4.08. The molecule has 0 aliphatic carbocycles. The number of ether oxygens (including phenoxy) is 1. The molecule has 0 saturated heterocycles. The first-order valence-electron chi connectivity index (χ1n) is 8.47. The topological polar surface area (TPSA) is 69.0 Å². The predicted molar refractivity (Wildman–Crippen MR) is 119 cm³/mol. The third-order valence-corrected chi connectivity index (χ3v) is 5.63. The minimum absolute atomic E-state index is 0.149. The summed E-state index contributed by atoms with van der Waals surface area (Å²) in [7, 11) is 0. The first-order valence-corrected chi connectivity index (χ1v) is 10.4. The van der Waals surface area contributed by atoms with Crippen molar-refractivity contribution in [3.63, 3.8) is 0 Å². The van der Waals surface area contributed by atoms with E-state index in [1.165, 1.54) is 4.68 Å². The first-order chi connectivity index (χ1) is 14.0. The molecular weight excluding hydrogens is 524 g/mol. The van der Waals surface area contributed by atoms with Crippen molar-refractivity contribution in [2.75, 3.05) is 5.32 Å². The average molecular weight is 537 g/mol. The Labute approximate surface area is 188 Å². The second-order valence-electron chi connectivity index (χ2n) is 6.04. The van der Waals surface area contributed by atoms with Gasteiger partial charge in [0.25, 0.3) is 5.91 Å². The fourth-order valence-corrected chi connectivity index (χ4v) is 3.96. The molecule has 0 saturated carbocycles. The number of carbonyl (C=O) groups is 1. The number of hydrogen-bond donors (Lipinski definition) is 1. The Kier molecular flexibility index (Phi) is 5.84. The summed E-state index contributed by atoms with van der Waals surface area (Å²) in [6.07, 6.45) is 3.36. The van der Waals surface area contributed by atoms with Crippen LogP contribution in [0.1, 0.15) is 10.5 Å². The molecule has 29 heavy (non-hydrogen) atoms. The van der Waals surface area contributed by atoms with Crippen LogP contribution in [0, 0.1) is 0 Å². The lowest BCUT2D eigenvalue weighted by Crippen LogP contribution is -2.14. The molecule has 0 spiro atoms. The highest BCUT2D eigenvalue weighted by Gasteiger charge is 2.13. The minimum Gasteiger partial charge on any atom is -0.470 e. The number of pyridine rings is 1. The summed E-state index contributed by atoms with van der Waals surface area (Å²) in [6, 6.07) is 14.3. The van der Waals surface area contributed by atoms with Crippen LogP contribution in [0.15, 0.2) is 69.9 Å². The SMILES string of the molecule is O=C(Nc1ccc(Br)c2cccnc12)c1ccn(COc2ccc(Cl)cc2Br)n1. The van der Waals surface area contributed by atoms with Crippen LogP contribution in [0.4, 0.5) is 5.69 Å². The second-order valence-corrected chi connectivity index (χ2v) is 8.18. The van der Waals surface area contributed by atoms with E-state index in [0.29, 0.717) is 22.0 Å². The number of aromatic nitrogens is 3. The van der Waals surface area contributed by atoms with Gasteiger partial charge in [0.05, 0.1) is 15.7 Å². The highest BCUT2D eigenvalue weighted by molar-refractivity contribution is 9.11. The van der Waals surface area contributed by atoms with Gasteiger partial charge in [0, 0.05) is 27.3 Å². The number of hydrogen-bond acceptors (Lipinski definition) is 4. The smallest absolute Gasteiger partial charge is 0.276 e. The fourth-order valence-electron chi connectivity index (χ4n) is 2.71. The van der Waals surface area contributed by atoms with E-state index in [0.717, 1.165) is 14.3 Å². The van der Waals surface area contributed by atoms with Crippen LogP contribution < -0.4 is 10.1 Å². The summed E-state index contributed by atoms with van der Waals surface area (Å²) in [5.41, 5.74) is 1.59. The van der Waals surface area contributed by atoms with Crippen molar-refractivity contribution < 1.29 is 9.53 Å². The van der Waals surface area contributed by atoms with E-state index in [1.54, 1.807) is 42.7 Å². The van der Waals surface area contributed by atoms with Crippen LogP contribution in [0.25, 0.3) is 10.9 Å². The lowest BCUT2D eigenvalue weighted by atomic mass is 10.2. The van der Waals surface area contributed by atoms with Crippen LogP contribution in [0.5, 0.6) is 5.75 Å². The molecule has 0 aliphatic heterocycles. The van der Waals surface area contributed by atoms with Crippen molar-refractivity contribution in [2.45, 2.75) is 6.73 Å². The fraction of sp³-hybridized carbons (Fsp3) is 0.0500. The van der Waals surface area contributed by atoms with Gasteiger partial charge in [0.2, 0.25) is 0 Å². The molecule has 0 fully saturated rings. The number of carbonyl (C=O) groups excluding carboxylic acids is 1. The highest BCUT2D eigenvalue weighted by Crippen LogP contribution is 2.29. The van der Waals surface area contributed by atoms with Gasteiger partial charge in [0.1, 0.15) is 5.75 Å². The Morgan fingerprint density at radius 1 is 1.14 bits per heavy atom. The van der Waals surface area contributed by atoms with E-state index in [4.69, 9.17) is 16.3 Å². The molecule has 0 unspecified atom stereocenters. The van der Waals surface area contributed by atoms with E-state index in [2.05, 4.69) is 47.3 Å². The van der Waals surface area contributed by atoms with Gasteiger partial charge < -0.3 is 10.1 Å². The van der Waals surface area contributed by atoms with Gasteiger partial charge in [-0.15, -0.1) is 0 Å². The Morgan fingerprint density at radius 3 is 2.83 bits per heavy atom. The molecular formula is C20H13Br2ClN4O2. The number of nitrogens with one attached hydrogen (secondary N) is 1. The van der Waals surface area contributed by atoms with Crippen molar-refractivity contribution in [2.24, 2.45) is 0 Å². The monoisotopic (exact) mass is 534 g/mol. The first kappa shape index (κ1) is 19.9. The Hall–Kier alpha value is -2.42. The van der Waals surface area contributed by atoms with Crippen LogP contribution in [-0.2, 0) is 6.73 Å². The Bertz CT molecular complexity index is 1210. The molecule has 146 valence electrons. The molecule has 6 nitrogen and oxygen atoms in total. The molecule has 0 radical (unpaired) electrons. The van der Waals surface area contributed by atoms with E-state index in [9.17, 15) is 4.79 Å². The normalized spacial score (nSPS) is 10.9. The number of benzene rings is 2. The van der Waals surface area contributed by atoms with Crippen molar-refractivity contribution in [1.82, 2.24) is 14.8 Å². The number of anilines is 1. The highest BCUT2D eigenvalue weighted by atomic mass is 79.9. The molecule has 4 aromatic rings. The molecule has 4 rings (SSSR count). The van der Waals surface area contributed by atoms with Gasteiger partial charge in [-0.25, -0.2) is 4.68 Å². The molecule has 0 atom stereocenters. The lowest BCUT2D eigenvalue weighted by molar-refractivity contribution is 0.102. The number of rotatable bonds is 5. The third kappa shape index (κ3) is 4.44. The van der Waals surface area contributed by atoms with Crippen LogP contribution in [0.2, 0.25) is 5.02 Å². The molecule has 1 amide bonds. The van der Waals surface area contributed by atoms with Gasteiger partial charge in [-0.3, -0.25) is 9.78 Å². The quantitative estimate of drug-likeness (QED) is 0.345.